The Balaban J connectivity index is 0.000000922. The maximum Gasteiger partial charge on any atom is 0.416 e. The zero-order chi connectivity index (χ0) is 19.0. The van der Waals surface area contributed by atoms with Crippen molar-refractivity contribution < 1.29 is 35.5 Å². The third-order valence-electron chi connectivity index (χ3n) is 1.83. The van der Waals surface area contributed by atoms with Crippen LogP contribution in [0.3, 0.4) is 0 Å². The maximum absolute atomic E-state index is 12.3. The summed E-state index contributed by atoms with van der Waals surface area (Å²) in [6.07, 6.45) is -3.63. The van der Waals surface area contributed by atoms with Gasteiger partial charge >= 0.3 is 16.6 Å². The van der Waals surface area contributed by atoms with E-state index >= 15 is 0 Å². The van der Waals surface area contributed by atoms with Crippen LogP contribution in [0.25, 0.3) is 0 Å². The van der Waals surface area contributed by atoms with E-state index in [4.69, 9.17) is 29.0 Å². The van der Waals surface area contributed by atoms with Gasteiger partial charge in [-0.3, -0.25) is 13.9 Å². The van der Waals surface area contributed by atoms with Gasteiger partial charge in [0.2, 0.25) is 5.96 Å². The van der Waals surface area contributed by atoms with E-state index in [1.807, 2.05) is 0 Å². The Kier molecular flexibility index (Phi) is 7.81. The number of nitrogens with two attached hydrogens (primary N) is 2. The van der Waals surface area contributed by atoms with Crippen molar-refractivity contribution in [3.05, 3.63) is 29.8 Å². The Labute approximate surface area is 133 Å². The van der Waals surface area contributed by atoms with Crippen molar-refractivity contribution in [2.45, 2.75) is 6.18 Å². The fourth-order valence-corrected chi connectivity index (χ4v) is 1.07. The number of carbonyl (C=O) groups is 1. The minimum Gasteiger partial charge on any atom is -0.369 e. The molecule has 24 heavy (non-hydrogen) atoms. The van der Waals surface area contributed by atoms with E-state index in [0.29, 0.717) is 0 Å². The molecule has 7 N–H and O–H groups in total. The van der Waals surface area contributed by atoms with E-state index in [1.165, 1.54) is 0 Å². The number of anilines is 1. The average Bonchev–Trinajstić information content (AvgIpc) is 2.35. The summed E-state index contributed by atoms with van der Waals surface area (Å²) in [5.74, 6) is -0.997. The summed E-state index contributed by atoms with van der Waals surface area (Å²) in [4.78, 5) is 11.2. The van der Waals surface area contributed by atoms with Crippen LogP contribution in [-0.2, 0) is 21.4 Å². The number of alkyl halides is 3. The van der Waals surface area contributed by atoms with Crippen LogP contribution < -0.4 is 16.8 Å². The molecule has 0 heterocycles. The second-order valence-corrected chi connectivity index (χ2v) is 4.68. The summed E-state index contributed by atoms with van der Waals surface area (Å²) in [6, 6.07) is 3.94. The summed E-state index contributed by atoms with van der Waals surface area (Å²) >= 11 is 0. The van der Waals surface area contributed by atoms with Gasteiger partial charge in [0.25, 0.3) is 5.91 Å². The van der Waals surface area contributed by atoms with Gasteiger partial charge < -0.3 is 16.8 Å². The fraction of sp³-hybridized carbons (Fsp3) is 0.100. The zero-order valence-electron chi connectivity index (χ0n) is 11.6. The van der Waals surface area contributed by atoms with Crippen molar-refractivity contribution in [3.63, 3.8) is 0 Å². The van der Waals surface area contributed by atoms with Gasteiger partial charge in [-0.15, -0.1) is 10.2 Å². The van der Waals surface area contributed by atoms with Crippen LogP contribution in [0.4, 0.5) is 18.9 Å². The van der Waals surface area contributed by atoms with Crippen LogP contribution in [0.15, 0.2) is 34.5 Å². The molecule has 1 amide bonds. The molecule has 0 saturated heterocycles. The lowest BCUT2D eigenvalue weighted by Gasteiger charge is -2.07. The highest BCUT2D eigenvalue weighted by Crippen LogP contribution is 2.29. The minimum absolute atomic E-state index is 0.189. The van der Waals surface area contributed by atoms with E-state index in [1.54, 1.807) is 0 Å². The number of nitrogens with zero attached hydrogens (tertiary/aromatic N) is 2. The van der Waals surface area contributed by atoms with Crippen molar-refractivity contribution in [2.24, 2.45) is 21.7 Å². The molecule has 0 aromatic heterocycles. The van der Waals surface area contributed by atoms with Crippen molar-refractivity contribution in [3.8, 4) is 0 Å². The van der Waals surface area contributed by atoms with E-state index < -0.39 is 28.0 Å². The first kappa shape index (κ1) is 21.3. The third-order valence-corrected chi connectivity index (χ3v) is 1.83. The molecular weight excluding hydrogens is 359 g/mol. The van der Waals surface area contributed by atoms with Gasteiger partial charge in [0.1, 0.15) is 6.21 Å². The fourth-order valence-electron chi connectivity index (χ4n) is 1.07. The SMILES string of the molecule is NC(N)=N/N=C/C(=O)Nc1ccc(C(F)(F)F)cc1.O=S(=O)(O)O. The Morgan fingerprint density at radius 3 is 2.00 bits per heavy atom. The second kappa shape index (κ2) is 8.80. The number of hydrogen-bond donors (Lipinski definition) is 5. The number of carbonyl (C=O) groups excluding carboxylic acids is 1. The smallest absolute Gasteiger partial charge is 0.369 e. The molecule has 0 spiro atoms. The first-order valence-corrected chi connectivity index (χ1v) is 6.99. The molecule has 0 fully saturated rings. The van der Waals surface area contributed by atoms with Gasteiger partial charge in [-0.25, -0.2) is 0 Å². The molecule has 0 aliphatic rings. The predicted molar refractivity (Wildman–Crippen MR) is 78.6 cm³/mol. The first-order chi connectivity index (χ1) is 10.8. The van der Waals surface area contributed by atoms with Crippen LogP contribution in [0.2, 0.25) is 0 Å². The van der Waals surface area contributed by atoms with Gasteiger partial charge in [0, 0.05) is 5.69 Å². The Hall–Kier alpha value is -2.71. The highest BCUT2D eigenvalue weighted by Gasteiger charge is 2.29. The number of guanidine groups is 1. The number of benzene rings is 1. The van der Waals surface area contributed by atoms with E-state index in [9.17, 15) is 18.0 Å². The molecule has 0 radical (unpaired) electrons. The van der Waals surface area contributed by atoms with Crippen molar-refractivity contribution in [1.82, 2.24) is 0 Å². The quantitative estimate of drug-likeness (QED) is 0.218. The Bertz CT molecular complexity index is 703. The lowest BCUT2D eigenvalue weighted by molar-refractivity contribution is -0.137. The molecule has 14 heteroatoms. The number of nitrogens with one attached hydrogen (secondary N) is 1. The summed E-state index contributed by atoms with van der Waals surface area (Å²) in [6.45, 7) is 0. The molecule has 0 unspecified atom stereocenters. The van der Waals surface area contributed by atoms with Gasteiger partial charge in [0.05, 0.1) is 5.56 Å². The van der Waals surface area contributed by atoms with Gasteiger partial charge in [-0.1, -0.05) is 0 Å². The van der Waals surface area contributed by atoms with E-state index in [2.05, 4.69) is 15.5 Å². The van der Waals surface area contributed by atoms with Gasteiger partial charge in [0.15, 0.2) is 0 Å². The molecular formula is C10H12F3N5O5S. The van der Waals surface area contributed by atoms with Crippen LogP contribution in [0.5, 0.6) is 0 Å². The molecule has 0 aliphatic heterocycles. The maximum atomic E-state index is 12.3. The molecule has 134 valence electrons. The third kappa shape index (κ3) is 11.9. The van der Waals surface area contributed by atoms with Crippen molar-refractivity contribution in [1.29, 1.82) is 0 Å². The summed E-state index contributed by atoms with van der Waals surface area (Å²) in [5.41, 5.74) is 9.31. The molecule has 0 bridgehead atoms. The Morgan fingerprint density at radius 2 is 1.62 bits per heavy atom. The number of amides is 1. The lowest BCUT2D eigenvalue weighted by Crippen LogP contribution is -2.22. The van der Waals surface area contributed by atoms with Crippen LogP contribution in [0, 0.1) is 0 Å². The van der Waals surface area contributed by atoms with E-state index in [-0.39, 0.29) is 11.6 Å². The average molecular weight is 371 g/mol. The second-order valence-electron chi connectivity index (χ2n) is 3.78. The van der Waals surface area contributed by atoms with E-state index in [0.717, 1.165) is 30.5 Å². The summed E-state index contributed by atoms with van der Waals surface area (Å²) < 4.78 is 68.4. The zero-order valence-corrected chi connectivity index (χ0v) is 12.4. The number of hydrogen-bond acceptors (Lipinski definition) is 5. The minimum atomic E-state index is -4.67. The van der Waals surface area contributed by atoms with Gasteiger partial charge in [-0.2, -0.15) is 21.6 Å². The van der Waals surface area contributed by atoms with Crippen LogP contribution in [0.1, 0.15) is 5.56 Å². The molecule has 0 atom stereocenters. The molecule has 10 nitrogen and oxygen atoms in total. The largest absolute Gasteiger partial charge is 0.416 e. The lowest BCUT2D eigenvalue weighted by atomic mass is 10.2. The highest BCUT2D eigenvalue weighted by atomic mass is 32.3. The first-order valence-electron chi connectivity index (χ1n) is 5.59. The standard InChI is InChI=1S/C10H10F3N5O.H2O4S/c11-10(12,13)6-1-3-7(4-2-6)17-8(19)5-16-18-9(14)15;1-5(2,3)4/h1-5H,(H,17,19)(H4,14,15,18);(H2,1,2,3,4)/b16-5+;. The molecule has 0 aliphatic carbocycles. The highest BCUT2D eigenvalue weighted by molar-refractivity contribution is 7.79. The molecule has 1 rings (SSSR count). The van der Waals surface area contributed by atoms with Gasteiger partial charge in [-0.05, 0) is 24.3 Å². The predicted octanol–water partition coefficient (Wildman–Crippen LogP) is 0.250. The molecule has 0 saturated carbocycles. The number of halogens is 3. The summed E-state index contributed by atoms with van der Waals surface area (Å²) in [7, 11) is -4.67. The number of rotatable bonds is 3. The van der Waals surface area contributed by atoms with Crippen LogP contribution >= 0.6 is 0 Å². The monoisotopic (exact) mass is 371 g/mol. The topological polar surface area (TPSA) is 180 Å². The van der Waals surface area contributed by atoms with Crippen LogP contribution in [-0.4, -0.2) is 35.6 Å². The van der Waals surface area contributed by atoms with Crippen molar-refractivity contribution in [2.75, 3.05) is 5.32 Å². The normalized spacial score (nSPS) is 11.4. The van der Waals surface area contributed by atoms with Crippen molar-refractivity contribution >= 4 is 34.2 Å². The summed E-state index contributed by atoms with van der Waals surface area (Å²) in [5, 5.41) is 8.72. The molecule has 1 aromatic rings. The Morgan fingerprint density at radius 1 is 1.17 bits per heavy atom. The molecule has 1 aromatic carbocycles.